The van der Waals surface area contributed by atoms with Crippen LogP contribution in [0.3, 0.4) is 0 Å². The van der Waals surface area contributed by atoms with Gasteiger partial charge >= 0.3 is 5.97 Å². The molecule has 1 saturated carbocycles. The molecule has 0 bridgehead atoms. The van der Waals surface area contributed by atoms with E-state index in [1.165, 1.54) is 6.42 Å². The van der Waals surface area contributed by atoms with Crippen molar-refractivity contribution in [2.24, 2.45) is 11.8 Å². The number of hydrogen-bond acceptors (Lipinski definition) is 2. The van der Waals surface area contributed by atoms with E-state index in [-0.39, 0.29) is 24.2 Å². The molecule has 4 heteroatoms. The van der Waals surface area contributed by atoms with Gasteiger partial charge in [0, 0.05) is 13.1 Å². The van der Waals surface area contributed by atoms with Gasteiger partial charge in [-0.25, -0.2) is 0 Å². The Bertz CT molecular complexity index is 281. The summed E-state index contributed by atoms with van der Waals surface area (Å²) in [4.78, 5) is 25.2. The predicted molar refractivity (Wildman–Crippen MR) is 70.2 cm³/mol. The van der Waals surface area contributed by atoms with E-state index in [9.17, 15) is 9.59 Å². The van der Waals surface area contributed by atoms with E-state index in [0.29, 0.717) is 13.1 Å². The van der Waals surface area contributed by atoms with Crippen molar-refractivity contribution in [1.82, 2.24) is 4.90 Å². The molecule has 4 nitrogen and oxygen atoms in total. The highest BCUT2D eigenvalue weighted by atomic mass is 16.4. The monoisotopic (exact) mass is 255 g/mol. The summed E-state index contributed by atoms with van der Waals surface area (Å²) in [6.07, 6.45) is 5.48. The van der Waals surface area contributed by atoms with Gasteiger partial charge in [0.15, 0.2) is 0 Å². The fourth-order valence-corrected chi connectivity index (χ4v) is 2.95. The minimum absolute atomic E-state index is 0.0139. The molecule has 0 saturated heterocycles. The molecule has 0 spiro atoms. The summed E-state index contributed by atoms with van der Waals surface area (Å²) in [6, 6.07) is 0. The average Bonchev–Trinajstić information content (AvgIpc) is 2.38. The lowest BCUT2D eigenvalue weighted by molar-refractivity contribution is -0.146. The van der Waals surface area contributed by atoms with E-state index < -0.39 is 5.97 Å². The quantitative estimate of drug-likeness (QED) is 0.793. The summed E-state index contributed by atoms with van der Waals surface area (Å²) in [5.41, 5.74) is 0. The molecule has 1 fully saturated rings. The number of amides is 1. The molecule has 0 aromatic rings. The lowest BCUT2D eigenvalue weighted by Gasteiger charge is -2.32. The molecule has 0 aliphatic heterocycles. The maximum Gasteiger partial charge on any atom is 0.304 e. The largest absolute Gasteiger partial charge is 0.481 e. The van der Waals surface area contributed by atoms with Crippen molar-refractivity contribution in [2.75, 3.05) is 13.1 Å². The van der Waals surface area contributed by atoms with Crippen molar-refractivity contribution < 1.29 is 14.7 Å². The van der Waals surface area contributed by atoms with Gasteiger partial charge in [-0.2, -0.15) is 0 Å². The Hall–Kier alpha value is -1.06. The van der Waals surface area contributed by atoms with E-state index in [1.807, 2.05) is 13.8 Å². The van der Waals surface area contributed by atoms with Gasteiger partial charge in [-0.1, -0.05) is 19.3 Å². The van der Waals surface area contributed by atoms with Gasteiger partial charge in [-0.15, -0.1) is 0 Å². The molecule has 104 valence electrons. The third-order valence-electron chi connectivity index (χ3n) is 4.01. The molecular weight excluding hydrogens is 230 g/mol. The van der Waals surface area contributed by atoms with E-state index in [0.717, 1.165) is 25.7 Å². The third kappa shape index (κ3) is 4.00. The van der Waals surface area contributed by atoms with Crippen molar-refractivity contribution in [2.45, 2.75) is 52.4 Å². The zero-order valence-electron chi connectivity index (χ0n) is 11.5. The number of rotatable bonds is 6. The summed E-state index contributed by atoms with van der Waals surface area (Å²) in [6.45, 7) is 5.22. The Morgan fingerprint density at radius 3 is 2.17 bits per heavy atom. The maximum absolute atomic E-state index is 12.4. The van der Waals surface area contributed by atoms with Crippen molar-refractivity contribution >= 4 is 11.9 Å². The van der Waals surface area contributed by atoms with Gasteiger partial charge in [-0.3, -0.25) is 9.59 Å². The fraction of sp³-hybridized carbons (Fsp3) is 0.857. The van der Waals surface area contributed by atoms with Crippen LogP contribution in [0.4, 0.5) is 0 Å². The molecule has 0 radical (unpaired) electrons. The van der Waals surface area contributed by atoms with Gasteiger partial charge in [-0.05, 0) is 32.6 Å². The SMILES string of the molecule is CCN(CC)C(=O)C(CC(=O)O)C1CCCCC1. The van der Waals surface area contributed by atoms with E-state index >= 15 is 0 Å². The molecule has 1 aliphatic carbocycles. The molecule has 1 amide bonds. The van der Waals surface area contributed by atoms with Gasteiger partial charge in [0.25, 0.3) is 0 Å². The van der Waals surface area contributed by atoms with Crippen molar-refractivity contribution in [3.63, 3.8) is 0 Å². The Morgan fingerprint density at radius 1 is 1.17 bits per heavy atom. The third-order valence-corrected chi connectivity index (χ3v) is 4.01. The van der Waals surface area contributed by atoms with Crippen LogP contribution in [-0.4, -0.2) is 35.0 Å². The summed E-state index contributed by atoms with van der Waals surface area (Å²) < 4.78 is 0. The minimum Gasteiger partial charge on any atom is -0.481 e. The van der Waals surface area contributed by atoms with Crippen molar-refractivity contribution in [3.05, 3.63) is 0 Å². The summed E-state index contributed by atoms with van der Waals surface area (Å²) in [7, 11) is 0. The topological polar surface area (TPSA) is 57.6 Å². The van der Waals surface area contributed by atoms with Crippen LogP contribution in [-0.2, 0) is 9.59 Å². The lowest BCUT2D eigenvalue weighted by atomic mass is 9.78. The molecule has 0 aromatic heterocycles. The van der Waals surface area contributed by atoms with Crippen LogP contribution in [0.1, 0.15) is 52.4 Å². The molecule has 1 rings (SSSR count). The number of carbonyl (C=O) groups is 2. The van der Waals surface area contributed by atoms with Gasteiger partial charge in [0.1, 0.15) is 0 Å². The Kier molecular flexibility index (Phi) is 6.16. The fourth-order valence-electron chi connectivity index (χ4n) is 2.95. The molecule has 1 atom stereocenters. The van der Waals surface area contributed by atoms with Gasteiger partial charge in [0.05, 0.1) is 12.3 Å². The molecule has 18 heavy (non-hydrogen) atoms. The lowest BCUT2D eigenvalue weighted by Crippen LogP contribution is -2.40. The number of carbonyl (C=O) groups excluding carboxylic acids is 1. The maximum atomic E-state index is 12.4. The van der Waals surface area contributed by atoms with Crippen molar-refractivity contribution in [3.8, 4) is 0 Å². The second-order valence-electron chi connectivity index (χ2n) is 5.11. The number of hydrogen-bond donors (Lipinski definition) is 1. The molecule has 0 heterocycles. The molecule has 1 unspecified atom stereocenters. The van der Waals surface area contributed by atoms with E-state index in [1.54, 1.807) is 4.90 Å². The highest BCUT2D eigenvalue weighted by Gasteiger charge is 2.33. The van der Waals surface area contributed by atoms with Crippen LogP contribution in [0.2, 0.25) is 0 Å². The summed E-state index contributed by atoms with van der Waals surface area (Å²) in [5.74, 6) is -0.869. The Labute approximate surface area is 109 Å². The number of aliphatic carboxylic acids is 1. The van der Waals surface area contributed by atoms with Crippen molar-refractivity contribution in [1.29, 1.82) is 0 Å². The minimum atomic E-state index is -0.855. The smallest absolute Gasteiger partial charge is 0.304 e. The first-order chi connectivity index (χ1) is 8.60. The zero-order valence-corrected chi connectivity index (χ0v) is 11.5. The van der Waals surface area contributed by atoms with Crippen LogP contribution in [0, 0.1) is 11.8 Å². The summed E-state index contributed by atoms with van der Waals surface area (Å²) in [5, 5.41) is 9.02. The Morgan fingerprint density at radius 2 is 1.72 bits per heavy atom. The van der Waals surface area contributed by atoms with Crippen LogP contribution < -0.4 is 0 Å². The standard InChI is InChI=1S/C14H25NO3/c1-3-15(4-2)14(18)12(10-13(16)17)11-8-6-5-7-9-11/h11-12H,3-10H2,1-2H3,(H,16,17). The second-order valence-corrected chi connectivity index (χ2v) is 5.11. The second kappa shape index (κ2) is 7.39. The highest BCUT2D eigenvalue weighted by molar-refractivity contribution is 5.83. The Balaban J connectivity index is 2.75. The van der Waals surface area contributed by atoms with E-state index in [2.05, 4.69) is 0 Å². The number of carboxylic acid groups (broad SMARTS) is 1. The van der Waals surface area contributed by atoms with E-state index in [4.69, 9.17) is 5.11 Å². The number of nitrogens with zero attached hydrogens (tertiary/aromatic N) is 1. The predicted octanol–water partition coefficient (Wildman–Crippen LogP) is 2.53. The molecular formula is C14H25NO3. The van der Waals surface area contributed by atoms with Gasteiger partial charge < -0.3 is 10.0 Å². The average molecular weight is 255 g/mol. The molecule has 1 N–H and O–H groups in total. The summed E-state index contributed by atoms with van der Waals surface area (Å²) >= 11 is 0. The number of carboxylic acids is 1. The van der Waals surface area contributed by atoms with Crippen LogP contribution in [0.5, 0.6) is 0 Å². The van der Waals surface area contributed by atoms with Crippen LogP contribution in [0.25, 0.3) is 0 Å². The molecule has 0 aromatic carbocycles. The van der Waals surface area contributed by atoms with Crippen LogP contribution in [0.15, 0.2) is 0 Å². The normalized spacial score (nSPS) is 18.3. The van der Waals surface area contributed by atoms with Crippen LogP contribution >= 0.6 is 0 Å². The first kappa shape index (κ1) is 15.0. The van der Waals surface area contributed by atoms with Gasteiger partial charge in [0.2, 0.25) is 5.91 Å². The first-order valence-electron chi connectivity index (χ1n) is 7.10. The zero-order chi connectivity index (χ0) is 13.5. The highest BCUT2D eigenvalue weighted by Crippen LogP contribution is 2.33. The first-order valence-corrected chi connectivity index (χ1v) is 7.10. The molecule has 1 aliphatic rings.